The smallest absolute Gasteiger partial charge is 0.328 e. The number of anilines is 2. The molecule has 0 aliphatic heterocycles. The van der Waals surface area contributed by atoms with Crippen LogP contribution < -0.4 is 10.2 Å². The van der Waals surface area contributed by atoms with Crippen LogP contribution in [0.3, 0.4) is 0 Å². The Bertz CT molecular complexity index is 630. The van der Waals surface area contributed by atoms with Crippen LogP contribution in [0.1, 0.15) is 12.0 Å². The summed E-state index contributed by atoms with van der Waals surface area (Å²) >= 11 is 1.20. The van der Waals surface area contributed by atoms with E-state index in [0.717, 1.165) is 5.56 Å². The zero-order valence-corrected chi connectivity index (χ0v) is 12.1. The van der Waals surface area contributed by atoms with Gasteiger partial charge < -0.3 is 5.11 Å². The van der Waals surface area contributed by atoms with Gasteiger partial charge in [-0.2, -0.15) is 0 Å². The highest BCUT2D eigenvalue weighted by molar-refractivity contribution is 7.13. The lowest BCUT2D eigenvalue weighted by Crippen LogP contribution is -2.37. The lowest BCUT2D eigenvalue weighted by atomic mass is 10.2. The summed E-state index contributed by atoms with van der Waals surface area (Å²) in [5.41, 5.74) is 3.06. The molecule has 0 spiro atoms. The molecule has 2 amide bonds. The maximum absolute atomic E-state index is 12.3. The van der Waals surface area contributed by atoms with Gasteiger partial charge in [0.2, 0.25) is 5.13 Å². The predicted octanol–water partition coefficient (Wildman–Crippen LogP) is 2.36. The molecule has 2 aromatic rings. The largest absolute Gasteiger partial charge is 0.481 e. The Morgan fingerprint density at radius 3 is 2.76 bits per heavy atom. The summed E-state index contributed by atoms with van der Waals surface area (Å²) in [7, 11) is 0. The maximum atomic E-state index is 12.3. The van der Waals surface area contributed by atoms with Crippen LogP contribution >= 0.6 is 11.3 Å². The molecule has 7 nitrogen and oxygen atoms in total. The molecule has 0 aliphatic rings. The molecule has 0 radical (unpaired) electrons. The van der Waals surface area contributed by atoms with Crippen molar-refractivity contribution in [2.45, 2.75) is 13.3 Å². The van der Waals surface area contributed by atoms with Crippen molar-refractivity contribution in [1.82, 2.24) is 10.2 Å². The summed E-state index contributed by atoms with van der Waals surface area (Å²) in [6.07, 6.45) is -0.141. The Morgan fingerprint density at radius 2 is 2.14 bits per heavy atom. The summed E-state index contributed by atoms with van der Waals surface area (Å²) in [6, 6.07) is 6.87. The number of carbonyl (C=O) groups excluding carboxylic acids is 1. The van der Waals surface area contributed by atoms with Crippen LogP contribution in [-0.2, 0) is 4.79 Å². The number of carbonyl (C=O) groups is 2. The molecule has 8 heteroatoms. The molecule has 0 atom stereocenters. The number of para-hydroxylation sites is 1. The van der Waals surface area contributed by atoms with Gasteiger partial charge in [-0.15, -0.1) is 10.2 Å². The van der Waals surface area contributed by atoms with E-state index in [4.69, 9.17) is 5.11 Å². The summed E-state index contributed by atoms with van der Waals surface area (Å²) < 4.78 is 0. The fourth-order valence-electron chi connectivity index (χ4n) is 1.79. The van der Waals surface area contributed by atoms with Gasteiger partial charge in [0.1, 0.15) is 5.51 Å². The number of aliphatic carboxylic acids is 1. The van der Waals surface area contributed by atoms with E-state index in [1.165, 1.54) is 21.7 Å². The van der Waals surface area contributed by atoms with Crippen molar-refractivity contribution >= 4 is 34.2 Å². The molecule has 2 rings (SSSR count). The first-order chi connectivity index (χ1) is 10.1. The van der Waals surface area contributed by atoms with Crippen LogP contribution in [0.2, 0.25) is 0 Å². The number of benzene rings is 1. The van der Waals surface area contributed by atoms with Crippen LogP contribution in [0.25, 0.3) is 0 Å². The van der Waals surface area contributed by atoms with Crippen molar-refractivity contribution in [3.05, 3.63) is 35.3 Å². The molecule has 2 N–H and O–H groups in total. The van der Waals surface area contributed by atoms with Crippen molar-refractivity contribution < 1.29 is 14.7 Å². The third-order valence-corrected chi connectivity index (χ3v) is 3.38. The first-order valence-electron chi connectivity index (χ1n) is 6.20. The standard InChI is InChI=1S/C13H14N4O3S/c1-9-4-2-3-5-10(9)17(7-6-11(18)19)13(20)15-12-16-14-8-21-12/h2-5,8H,6-7H2,1H3,(H,18,19)(H,15,16,20). The number of aromatic nitrogens is 2. The maximum Gasteiger partial charge on any atom is 0.328 e. The van der Waals surface area contributed by atoms with Crippen molar-refractivity contribution in [1.29, 1.82) is 0 Å². The normalized spacial score (nSPS) is 10.1. The number of amides is 2. The average Bonchev–Trinajstić information content (AvgIpc) is 2.93. The lowest BCUT2D eigenvalue weighted by molar-refractivity contribution is -0.136. The first-order valence-corrected chi connectivity index (χ1v) is 7.08. The number of rotatable bonds is 5. The number of hydrogen-bond acceptors (Lipinski definition) is 5. The minimum Gasteiger partial charge on any atom is -0.481 e. The third kappa shape index (κ3) is 3.99. The molecular formula is C13H14N4O3S. The number of aryl methyl sites for hydroxylation is 1. The Kier molecular flexibility index (Phi) is 4.83. The highest BCUT2D eigenvalue weighted by Crippen LogP contribution is 2.21. The minimum atomic E-state index is -0.961. The zero-order valence-electron chi connectivity index (χ0n) is 11.3. The highest BCUT2D eigenvalue weighted by atomic mass is 32.1. The molecule has 1 aromatic carbocycles. The van der Waals surface area contributed by atoms with Crippen LogP contribution in [0.4, 0.5) is 15.6 Å². The van der Waals surface area contributed by atoms with E-state index in [9.17, 15) is 9.59 Å². The molecular weight excluding hydrogens is 292 g/mol. The second kappa shape index (κ2) is 6.80. The van der Waals surface area contributed by atoms with E-state index in [1.54, 1.807) is 12.1 Å². The third-order valence-electron chi connectivity index (χ3n) is 2.77. The van der Waals surface area contributed by atoms with Crippen LogP contribution in [-0.4, -0.2) is 33.8 Å². The van der Waals surface area contributed by atoms with Gasteiger partial charge in [0, 0.05) is 12.2 Å². The van der Waals surface area contributed by atoms with Crippen LogP contribution in [0.5, 0.6) is 0 Å². The number of carboxylic acid groups (broad SMARTS) is 1. The summed E-state index contributed by atoms with van der Waals surface area (Å²) in [6.45, 7) is 1.94. The van der Waals surface area contributed by atoms with Gasteiger partial charge in [-0.25, -0.2) is 4.79 Å². The molecule has 110 valence electrons. The monoisotopic (exact) mass is 306 g/mol. The fourth-order valence-corrected chi connectivity index (χ4v) is 2.23. The van der Waals surface area contributed by atoms with E-state index >= 15 is 0 Å². The van der Waals surface area contributed by atoms with Gasteiger partial charge in [0.25, 0.3) is 0 Å². The number of nitrogens with zero attached hydrogens (tertiary/aromatic N) is 3. The molecule has 0 aliphatic carbocycles. The van der Waals surface area contributed by atoms with E-state index in [0.29, 0.717) is 10.8 Å². The number of hydrogen-bond donors (Lipinski definition) is 2. The van der Waals surface area contributed by atoms with Crippen LogP contribution in [0, 0.1) is 6.92 Å². The second-order valence-electron chi connectivity index (χ2n) is 4.26. The number of nitrogens with one attached hydrogen (secondary N) is 1. The van der Waals surface area contributed by atoms with E-state index < -0.39 is 12.0 Å². The second-order valence-corrected chi connectivity index (χ2v) is 5.09. The van der Waals surface area contributed by atoms with Crippen molar-refractivity contribution in [2.75, 3.05) is 16.8 Å². The van der Waals surface area contributed by atoms with Gasteiger partial charge in [0.15, 0.2) is 0 Å². The van der Waals surface area contributed by atoms with Gasteiger partial charge in [-0.1, -0.05) is 29.5 Å². The molecule has 0 bridgehead atoms. The molecule has 21 heavy (non-hydrogen) atoms. The topological polar surface area (TPSA) is 95.4 Å². The Hall–Kier alpha value is -2.48. The quantitative estimate of drug-likeness (QED) is 0.884. The average molecular weight is 306 g/mol. The van der Waals surface area contributed by atoms with Crippen molar-refractivity contribution in [2.24, 2.45) is 0 Å². The molecule has 0 fully saturated rings. The first kappa shape index (κ1) is 14.9. The highest BCUT2D eigenvalue weighted by Gasteiger charge is 2.19. The summed E-state index contributed by atoms with van der Waals surface area (Å²) in [5, 5.41) is 19.2. The SMILES string of the molecule is Cc1ccccc1N(CCC(=O)O)C(=O)Nc1nncs1. The fraction of sp³-hybridized carbons (Fsp3) is 0.231. The van der Waals surface area contributed by atoms with Crippen molar-refractivity contribution in [3.63, 3.8) is 0 Å². The van der Waals surface area contributed by atoms with Gasteiger partial charge in [-0.3, -0.25) is 15.0 Å². The minimum absolute atomic E-state index is 0.0742. The molecule has 0 unspecified atom stereocenters. The van der Waals surface area contributed by atoms with Gasteiger partial charge >= 0.3 is 12.0 Å². The van der Waals surface area contributed by atoms with Crippen LogP contribution in [0.15, 0.2) is 29.8 Å². The molecule has 0 saturated carbocycles. The Labute approximate surface area is 125 Å². The lowest BCUT2D eigenvalue weighted by Gasteiger charge is -2.23. The predicted molar refractivity (Wildman–Crippen MR) is 79.7 cm³/mol. The van der Waals surface area contributed by atoms with E-state index in [1.807, 2.05) is 19.1 Å². The van der Waals surface area contributed by atoms with Gasteiger partial charge in [-0.05, 0) is 18.6 Å². The number of carboxylic acids is 1. The van der Waals surface area contributed by atoms with Crippen molar-refractivity contribution in [3.8, 4) is 0 Å². The Balaban J connectivity index is 2.21. The Morgan fingerprint density at radius 1 is 1.38 bits per heavy atom. The van der Waals surface area contributed by atoms with Gasteiger partial charge in [0.05, 0.1) is 6.42 Å². The molecule has 1 heterocycles. The summed E-state index contributed by atoms with van der Waals surface area (Å²) in [4.78, 5) is 24.5. The summed E-state index contributed by atoms with van der Waals surface area (Å²) in [5.74, 6) is -0.961. The van der Waals surface area contributed by atoms with E-state index in [-0.39, 0.29) is 13.0 Å². The molecule has 1 aromatic heterocycles. The zero-order chi connectivity index (χ0) is 15.2. The van der Waals surface area contributed by atoms with E-state index in [2.05, 4.69) is 15.5 Å². The number of urea groups is 1. The molecule has 0 saturated heterocycles.